The summed E-state index contributed by atoms with van der Waals surface area (Å²) in [4.78, 5) is 11.1. The Morgan fingerprint density at radius 2 is 2.15 bits per heavy atom. The van der Waals surface area contributed by atoms with E-state index >= 15 is 0 Å². The summed E-state index contributed by atoms with van der Waals surface area (Å²) in [7, 11) is 1.68. The maximum atomic E-state index is 5.40. The minimum atomic E-state index is 0.458. The first-order valence-electron chi connectivity index (χ1n) is 6.96. The van der Waals surface area contributed by atoms with Gasteiger partial charge in [0, 0.05) is 24.7 Å². The van der Waals surface area contributed by atoms with E-state index in [4.69, 9.17) is 9.15 Å². The van der Waals surface area contributed by atoms with E-state index in [2.05, 4.69) is 14.9 Å². The van der Waals surface area contributed by atoms with Gasteiger partial charge in [-0.05, 0) is 32.0 Å². The SMILES string of the molecule is COc1ccnc(CN2CCC(c3ncco3)CC2)c1. The molecule has 0 spiro atoms. The molecule has 1 fully saturated rings. The summed E-state index contributed by atoms with van der Waals surface area (Å²) in [5, 5.41) is 0. The second kappa shape index (κ2) is 6.05. The molecule has 3 heterocycles. The number of likely N-dealkylation sites (tertiary alicyclic amines) is 1. The molecule has 5 nitrogen and oxygen atoms in total. The molecule has 0 N–H and O–H groups in total. The molecule has 0 amide bonds. The Morgan fingerprint density at radius 3 is 2.85 bits per heavy atom. The predicted molar refractivity (Wildman–Crippen MR) is 74.5 cm³/mol. The van der Waals surface area contributed by atoms with Gasteiger partial charge >= 0.3 is 0 Å². The molecular weight excluding hydrogens is 254 g/mol. The van der Waals surface area contributed by atoms with Gasteiger partial charge in [0.25, 0.3) is 0 Å². The van der Waals surface area contributed by atoms with Crippen LogP contribution in [0.25, 0.3) is 0 Å². The fourth-order valence-corrected chi connectivity index (χ4v) is 2.67. The molecular formula is C15H19N3O2. The highest BCUT2D eigenvalue weighted by Gasteiger charge is 2.23. The van der Waals surface area contributed by atoms with Gasteiger partial charge in [0.2, 0.25) is 0 Å². The molecule has 1 saturated heterocycles. The molecule has 2 aromatic heterocycles. The third-order valence-electron chi connectivity index (χ3n) is 3.80. The van der Waals surface area contributed by atoms with Gasteiger partial charge in [0.1, 0.15) is 12.0 Å². The van der Waals surface area contributed by atoms with Crippen LogP contribution in [-0.2, 0) is 6.54 Å². The Balaban J connectivity index is 1.55. The van der Waals surface area contributed by atoms with Crippen LogP contribution < -0.4 is 4.74 Å². The van der Waals surface area contributed by atoms with Crippen molar-refractivity contribution in [2.24, 2.45) is 0 Å². The summed E-state index contributed by atoms with van der Waals surface area (Å²) in [6.45, 7) is 2.97. The average Bonchev–Trinajstić information content (AvgIpc) is 3.02. The summed E-state index contributed by atoms with van der Waals surface area (Å²) in [6, 6.07) is 3.87. The minimum absolute atomic E-state index is 0.458. The van der Waals surface area contributed by atoms with Crippen LogP contribution in [0.2, 0.25) is 0 Å². The van der Waals surface area contributed by atoms with E-state index in [9.17, 15) is 0 Å². The van der Waals surface area contributed by atoms with Gasteiger partial charge in [-0.3, -0.25) is 9.88 Å². The van der Waals surface area contributed by atoms with Crippen molar-refractivity contribution in [3.8, 4) is 5.75 Å². The molecule has 2 aromatic rings. The van der Waals surface area contributed by atoms with E-state index in [1.165, 1.54) is 0 Å². The van der Waals surface area contributed by atoms with Gasteiger partial charge in [0.15, 0.2) is 5.89 Å². The maximum absolute atomic E-state index is 5.40. The standard InChI is InChI=1S/C15H19N3O2/c1-19-14-2-5-16-13(10-14)11-18-7-3-12(4-8-18)15-17-6-9-20-15/h2,5-6,9-10,12H,3-4,7-8,11H2,1H3. The lowest BCUT2D eigenvalue weighted by Gasteiger charge is -2.30. The molecule has 20 heavy (non-hydrogen) atoms. The Labute approximate surface area is 118 Å². The summed E-state index contributed by atoms with van der Waals surface area (Å²) in [5.41, 5.74) is 1.05. The summed E-state index contributed by atoms with van der Waals surface area (Å²) in [6.07, 6.45) is 7.35. The number of aromatic nitrogens is 2. The zero-order valence-electron chi connectivity index (χ0n) is 11.7. The topological polar surface area (TPSA) is 51.4 Å². The van der Waals surface area contributed by atoms with Gasteiger partial charge in [0.05, 0.1) is 19.0 Å². The van der Waals surface area contributed by atoms with E-state index < -0.39 is 0 Å². The van der Waals surface area contributed by atoms with Crippen LogP contribution in [0, 0.1) is 0 Å². The van der Waals surface area contributed by atoms with Crippen LogP contribution in [-0.4, -0.2) is 35.1 Å². The highest BCUT2D eigenvalue weighted by Crippen LogP contribution is 2.27. The Hall–Kier alpha value is -1.88. The number of hydrogen-bond donors (Lipinski definition) is 0. The van der Waals surface area contributed by atoms with Gasteiger partial charge in [-0.1, -0.05) is 0 Å². The molecule has 0 radical (unpaired) electrons. The quantitative estimate of drug-likeness (QED) is 0.856. The largest absolute Gasteiger partial charge is 0.497 e. The van der Waals surface area contributed by atoms with Crippen molar-refractivity contribution in [3.05, 3.63) is 42.4 Å². The summed E-state index contributed by atoms with van der Waals surface area (Å²) >= 11 is 0. The fourth-order valence-electron chi connectivity index (χ4n) is 2.67. The van der Waals surface area contributed by atoms with Crippen molar-refractivity contribution >= 4 is 0 Å². The molecule has 5 heteroatoms. The lowest BCUT2D eigenvalue weighted by Crippen LogP contribution is -2.32. The molecule has 3 rings (SSSR count). The van der Waals surface area contributed by atoms with Gasteiger partial charge in [-0.15, -0.1) is 0 Å². The lowest BCUT2D eigenvalue weighted by molar-refractivity contribution is 0.191. The first kappa shape index (κ1) is 13.1. The highest BCUT2D eigenvalue weighted by molar-refractivity contribution is 5.22. The average molecular weight is 273 g/mol. The van der Waals surface area contributed by atoms with E-state index in [-0.39, 0.29) is 0 Å². The van der Waals surface area contributed by atoms with Crippen molar-refractivity contribution in [1.82, 2.24) is 14.9 Å². The van der Waals surface area contributed by atoms with Crippen LogP contribution in [0.3, 0.4) is 0 Å². The van der Waals surface area contributed by atoms with Gasteiger partial charge < -0.3 is 9.15 Å². The van der Waals surface area contributed by atoms with Gasteiger partial charge in [-0.2, -0.15) is 0 Å². The van der Waals surface area contributed by atoms with Crippen LogP contribution >= 0.6 is 0 Å². The second-order valence-corrected chi connectivity index (χ2v) is 5.11. The monoisotopic (exact) mass is 273 g/mol. The van der Waals surface area contributed by atoms with Crippen molar-refractivity contribution < 1.29 is 9.15 Å². The molecule has 0 aromatic carbocycles. The third-order valence-corrected chi connectivity index (χ3v) is 3.80. The minimum Gasteiger partial charge on any atom is -0.497 e. The molecule has 106 valence electrons. The smallest absolute Gasteiger partial charge is 0.197 e. The number of oxazole rings is 1. The number of piperidine rings is 1. The zero-order valence-corrected chi connectivity index (χ0v) is 11.7. The van der Waals surface area contributed by atoms with E-state index in [0.29, 0.717) is 5.92 Å². The van der Waals surface area contributed by atoms with Crippen molar-refractivity contribution in [1.29, 1.82) is 0 Å². The van der Waals surface area contributed by atoms with Gasteiger partial charge in [-0.25, -0.2) is 4.98 Å². The number of hydrogen-bond acceptors (Lipinski definition) is 5. The number of nitrogens with zero attached hydrogens (tertiary/aromatic N) is 3. The molecule has 0 atom stereocenters. The first-order chi connectivity index (χ1) is 9.85. The third kappa shape index (κ3) is 2.99. The van der Waals surface area contributed by atoms with Crippen LogP contribution in [0.5, 0.6) is 5.75 Å². The lowest BCUT2D eigenvalue weighted by atomic mass is 9.96. The fraction of sp³-hybridized carbons (Fsp3) is 0.467. The van der Waals surface area contributed by atoms with E-state index in [0.717, 1.165) is 49.8 Å². The van der Waals surface area contributed by atoms with Crippen LogP contribution in [0.4, 0.5) is 0 Å². The Bertz CT molecular complexity index is 534. The normalized spacial score (nSPS) is 17.2. The highest BCUT2D eigenvalue weighted by atomic mass is 16.5. The van der Waals surface area contributed by atoms with E-state index in [1.54, 1.807) is 25.8 Å². The van der Waals surface area contributed by atoms with E-state index in [1.807, 2.05) is 12.1 Å². The number of methoxy groups -OCH3 is 1. The van der Waals surface area contributed by atoms with Crippen molar-refractivity contribution in [2.45, 2.75) is 25.3 Å². The van der Waals surface area contributed by atoms with Crippen molar-refractivity contribution in [3.63, 3.8) is 0 Å². The maximum Gasteiger partial charge on any atom is 0.197 e. The molecule has 0 bridgehead atoms. The molecule has 0 saturated carbocycles. The Morgan fingerprint density at radius 1 is 1.30 bits per heavy atom. The van der Waals surface area contributed by atoms with Crippen LogP contribution in [0.1, 0.15) is 30.3 Å². The molecule has 0 unspecified atom stereocenters. The van der Waals surface area contributed by atoms with Crippen LogP contribution in [0.15, 0.2) is 35.2 Å². The summed E-state index contributed by atoms with van der Waals surface area (Å²) in [5.74, 6) is 2.20. The molecule has 1 aliphatic rings. The molecule has 0 aliphatic carbocycles. The number of pyridine rings is 1. The van der Waals surface area contributed by atoms with Crippen molar-refractivity contribution in [2.75, 3.05) is 20.2 Å². The number of ether oxygens (including phenoxy) is 1. The predicted octanol–water partition coefficient (Wildman–Crippen LogP) is 2.46. The second-order valence-electron chi connectivity index (χ2n) is 5.11. The summed E-state index contributed by atoms with van der Waals surface area (Å²) < 4.78 is 10.6. The molecule has 1 aliphatic heterocycles. The zero-order chi connectivity index (χ0) is 13.8. The first-order valence-corrected chi connectivity index (χ1v) is 6.96. The number of rotatable bonds is 4. The Kier molecular flexibility index (Phi) is 3.97.